The van der Waals surface area contributed by atoms with Crippen LogP contribution in [0.4, 0.5) is 0 Å². The van der Waals surface area contributed by atoms with Gasteiger partial charge in [0.15, 0.2) is 6.04 Å². The molecule has 2 rings (SSSR count). The predicted molar refractivity (Wildman–Crippen MR) is 77.7 cm³/mol. The van der Waals surface area contributed by atoms with Crippen molar-refractivity contribution < 1.29 is 14.3 Å². The molecular formula is C15H15NO3S. The Labute approximate surface area is 121 Å². The van der Waals surface area contributed by atoms with Crippen molar-refractivity contribution in [1.82, 2.24) is 5.32 Å². The average Bonchev–Trinajstić information content (AvgIpc) is 2.91. The van der Waals surface area contributed by atoms with E-state index in [1.165, 1.54) is 18.4 Å². The predicted octanol–water partition coefficient (Wildman–Crippen LogP) is 2.70. The molecule has 5 heteroatoms. The Kier molecular flexibility index (Phi) is 4.53. The molecule has 104 valence electrons. The highest BCUT2D eigenvalue weighted by Gasteiger charge is 2.24. The molecule has 0 radical (unpaired) electrons. The van der Waals surface area contributed by atoms with Crippen molar-refractivity contribution in [2.75, 3.05) is 7.11 Å². The molecule has 1 atom stereocenters. The molecule has 0 saturated heterocycles. The molecule has 1 amide bonds. The van der Waals surface area contributed by atoms with Gasteiger partial charge in [0, 0.05) is 5.38 Å². The van der Waals surface area contributed by atoms with Crippen LogP contribution in [0.15, 0.2) is 41.1 Å². The van der Waals surface area contributed by atoms with Gasteiger partial charge in [-0.25, -0.2) is 4.79 Å². The molecule has 0 saturated carbocycles. The molecule has 0 aliphatic carbocycles. The molecule has 2 aromatic rings. The van der Waals surface area contributed by atoms with Crippen LogP contribution < -0.4 is 5.32 Å². The molecule has 4 nitrogen and oxygen atoms in total. The molecule has 1 aromatic heterocycles. The van der Waals surface area contributed by atoms with Crippen LogP contribution in [0.5, 0.6) is 0 Å². The Morgan fingerprint density at radius 3 is 2.45 bits per heavy atom. The van der Waals surface area contributed by atoms with E-state index in [1.807, 2.05) is 30.5 Å². The lowest BCUT2D eigenvalue weighted by Gasteiger charge is -2.16. The lowest BCUT2D eigenvalue weighted by Crippen LogP contribution is -2.34. The minimum absolute atomic E-state index is 0.275. The number of nitrogens with one attached hydrogen (secondary N) is 1. The highest BCUT2D eigenvalue weighted by atomic mass is 32.1. The number of thiophene rings is 1. The lowest BCUT2D eigenvalue weighted by molar-refractivity contribution is -0.143. The molecule has 0 bridgehead atoms. The van der Waals surface area contributed by atoms with Crippen molar-refractivity contribution in [3.05, 3.63) is 57.8 Å². The molecule has 0 spiro atoms. The number of amides is 1. The average molecular weight is 289 g/mol. The van der Waals surface area contributed by atoms with Crippen molar-refractivity contribution in [3.8, 4) is 0 Å². The maximum atomic E-state index is 12.2. The summed E-state index contributed by atoms with van der Waals surface area (Å²) in [6.45, 7) is 1.86. The number of hydrogen-bond donors (Lipinski definition) is 1. The van der Waals surface area contributed by atoms with Gasteiger partial charge in [-0.3, -0.25) is 4.79 Å². The first-order valence-electron chi connectivity index (χ1n) is 6.10. The van der Waals surface area contributed by atoms with Crippen LogP contribution in [0.1, 0.15) is 27.5 Å². The number of aryl methyl sites for hydroxylation is 1. The van der Waals surface area contributed by atoms with E-state index in [1.54, 1.807) is 17.5 Å². The molecule has 1 heterocycles. The van der Waals surface area contributed by atoms with Crippen LogP contribution in [-0.4, -0.2) is 19.0 Å². The van der Waals surface area contributed by atoms with E-state index < -0.39 is 12.0 Å². The van der Waals surface area contributed by atoms with Gasteiger partial charge in [-0.2, -0.15) is 11.3 Å². The summed E-state index contributed by atoms with van der Waals surface area (Å²) in [5.74, 6) is -0.763. The van der Waals surface area contributed by atoms with E-state index in [2.05, 4.69) is 5.32 Å². The fourth-order valence-electron chi connectivity index (χ4n) is 1.84. The Balaban J connectivity index is 2.23. The second-order valence-electron chi connectivity index (χ2n) is 4.31. The minimum atomic E-state index is -0.798. The van der Waals surface area contributed by atoms with Gasteiger partial charge in [-0.1, -0.05) is 30.3 Å². The number of hydrogen-bond acceptors (Lipinski definition) is 4. The van der Waals surface area contributed by atoms with Crippen molar-refractivity contribution >= 4 is 23.2 Å². The fourth-order valence-corrected chi connectivity index (χ4v) is 2.67. The number of rotatable bonds is 4. The molecule has 1 aromatic carbocycles. The number of benzene rings is 1. The van der Waals surface area contributed by atoms with Gasteiger partial charge in [-0.15, -0.1) is 0 Å². The quantitative estimate of drug-likeness (QED) is 0.880. The van der Waals surface area contributed by atoms with E-state index in [0.29, 0.717) is 11.1 Å². The first-order chi connectivity index (χ1) is 9.63. The smallest absolute Gasteiger partial charge is 0.333 e. The Morgan fingerprint density at radius 1 is 1.20 bits per heavy atom. The van der Waals surface area contributed by atoms with E-state index in [4.69, 9.17) is 4.74 Å². The molecule has 0 aliphatic rings. The summed E-state index contributed by atoms with van der Waals surface area (Å²) < 4.78 is 4.76. The highest BCUT2D eigenvalue weighted by molar-refractivity contribution is 7.08. The zero-order valence-electron chi connectivity index (χ0n) is 11.3. The second-order valence-corrected chi connectivity index (χ2v) is 5.05. The second kappa shape index (κ2) is 6.34. The third-order valence-corrected chi connectivity index (χ3v) is 3.81. The third kappa shape index (κ3) is 3.05. The Bertz CT molecular complexity index is 607. The topological polar surface area (TPSA) is 55.4 Å². The molecule has 0 aliphatic heterocycles. The van der Waals surface area contributed by atoms with E-state index in [9.17, 15) is 9.59 Å². The van der Waals surface area contributed by atoms with Crippen molar-refractivity contribution in [3.63, 3.8) is 0 Å². The van der Waals surface area contributed by atoms with Crippen LogP contribution >= 0.6 is 11.3 Å². The van der Waals surface area contributed by atoms with Crippen LogP contribution in [-0.2, 0) is 9.53 Å². The number of carbonyl (C=O) groups excluding carboxylic acids is 2. The summed E-state index contributed by atoms with van der Waals surface area (Å²) in [6.07, 6.45) is 0. The highest BCUT2D eigenvalue weighted by Crippen LogP contribution is 2.18. The standard InChI is InChI=1S/C15H15NO3S/c1-10-8-20-9-12(10)14(17)16-13(15(18)19-2)11-6-4-3-5-7-11/h3-9,13H,1-2H3,(H,16,17). The zero-order valence-corrected chi connectivity index (χ0v) is 12.1. The summed E-state index contributed by atoms with van der Waals surface area (Å²) in [6, 6.07) is 8.24. The Morgan fingerprint density at radius 2 is 1.90 bits per heavy atom. The summed E-state index contributed by atoms with van der Waals surface area (Å²) >= 11 is 1.45. The van der Waals surface area contributed by atoms with E-state index in [-0.39, 0.29) is 5.91 Å². The van der Waals surface area contributed by atoms with Gasteiger partial charge in [0.1, 0.15) is 0 Å². The molecule has 20 heavy (non-hydrogen) atoms. The number of carbonyl (C=O) groups is 2. The molecule has 1 N–H and O–H groups in total. The van der Waals surface area contributed by atoms with Crippen molar-refractivity contribution in [1.29, 1.82) is 0 Å². The molecular weight excluding hydrogens is 274 g/mol. The summed E-state index contributed by atoms with van der Waals surface area (Å²) in [5.41, 5.74) is 2.17. The summed E-state index contributed by atoms with van der Waals surface area (Å²) in [7, 11) is 1.31. The molecule has 1 unspecified atom stereocenters. The summed E-state index contributed by atoms with van der Waals surface area (Å²) in [4.78, 5) is 24.1. The number of esters is 1. The van der Waals surface area contributed by atoms with Gasteiger partial charge in [0.25, 0.3) is 5.91 Å². The number of methoxy groups -OCH3 is 1. The van der Waals surface area contributed by atoms with E-state index in [0.717, 1.165) is 5.56 Å². The fraction of sp³-hybridized carbons (Fsp3) is 0.200. The third-order valence-electron chi connectivity index (χ3n) is 2.95. The van der Waals surface area contributed by atoms with E-state index >= 15 is 0 Å². The van der Waals surface area contributed by atoms with Crippen molar-refractivity contribution in [2.45, 2.75) is 13.0 Å². The van der Waals surface area contributed by atoms with Crippen molar-refractivity contribution in [2.24, 2.45) is 0 Å². The van der Waals surface area contributed by atoms with Gasteiger partial charge < -0.3 is 10.1 Å². The zero-order chi connectivity index (χ0) is 14.5. The normalized spacial score (nSPS) is 11.7. The Hall–Kier alpha value is -2.14. The van der Waals surface area contributed by atoms with Gasteiger partial charge in [0.2, 0.25) is 0 Å². The maximum absolute atomic E-state index is 12.2. The monoisotopic (exact) mass is 289 g/mol. The van der Waals surface area contributed by atoms with Crippen LogP contribution in [0.2, 0.25) is 0 Å². The van der Waals surface area contributed by atoms with Crippen LogP contribution in [0.25, 0.3) is 0 Å². The largest absolute Gasteiger partial charge is 0.467 e. The lowest BCUT2D eigenvalue weighted by atomic mass is 10.1. The van der Waals surface area contributed by atoms with Gasteiger partial charge in [0.05, 0.1) is 12.7 Å². The van der Waals surface area contributed by atoms with Crippen LogP contribution in [0.3, 0.4) is 0 Å². The first-order valence-corrected chi connectivity index (χ1v) is 7.04. The minimum Gasteiger partial charge on any atom is -0.467 e. The first kappa shape index (κ1) is 14.3. The SMILES string of the molecule is COC(=O)C(NC(=O)c1cscc1C)c1ccccc1. The van der Waals surface area contributed by atoms with Gasteiger partial charge >= 0.3 is 5.97 Å². The van der Waals surface area contributed by atoms with Gasteiger partial charge in [-0.05, 0) is 23.4 Å². The number of ether oxygens (including phenoxy) is 1. The maximum Gasteiger partial charge on any atom is 0.333 e. The van der Waals surface area contributed by atoms with Crippen LogP contribution in [0, 0.1) is 6.92 Å². The summed E-state index contributed by atoms with van der Waals surface area (Å²) in [5, 5.41) is 6.38. The molecule has 0 fully saturated rings.